The van der Waals surface area contributed by atoms with Gasteiger partial charge in [0.05, 0.1) is 0 Å². The Morgan fingerprint density at radius 2 is 1.95 bits per heavy atom. The molecule has 0 radical (unpaired) electrons. The van der Waals surface area contributed by atoms with Crippen LogP contribution in [0.1, 0.15) is 23.0 Å². The Labute approximate surface area is 116 Å². The van der Waals surface area contributed by atoms with Gasteiger partial charge in [-0.2, -0.15) is 5.10 Å². The lowest BCUT2D eigenvalue weighted by Gasteiger charge is -2.06. The number of hydrogen-bond acceptors (Lipinski definition) is 3. The molecule has 0 unspecified atom stereocenters. The van der Waals surface area contributed by atoms with E-state index in [2.05, 4.69) is 17.3 Å². The van der Waals surface area contributed by atoms with Gasteiger partial charge in [-0.05, 0) is 30.2 Å². The molecule has 0 atom stereocenters. The van der Waals surface area contributed by atoms with Gasteiger partial charge in [0.25, 0.3) is 0 Å². The van der Waals surface area contributed by atoms with E-state index in [-0.39, 0.29) is 18.1 Å². The predicted octanol–water partition coefficient (Wildman–Crippen LogP) is 1.78. The third-order valence-electron chi connectivity index (χ3n) is 2.81. The minimum atomic E-state index is -1.11. The summed E-state index contributed by atoms with van der Waals surface area (Å²) in [6, 6.07) is 8.93. The summed E-state index contributed by atoms with van der Waals surface area (Å²) >= 11 is 0. The highest BCUT2D eigenvalue weighted by Crippen LogP contribution is 2.10. The summed E-state index contributed by atoms with van der Waals surface area (Å²) in [7, 11) is 0. The zero-order valence-corrected chi connectivity index (χ0v) is 11.0. The van der Waals surface area contributed by atoms with E-state index in [1.165, 1.54) is 22.5 Å². The Kier molecular flexibility index (Phi) is 4.14. The Balaban J connectivity index is 1.95. The largest absolute Gasteiger partial charge is 0.476 e. The van der Waals surface area contributed by atoms with Crippen molar-refractivity contribution in [1.29, 1.82) is 0 Å². The number of nitrogens with zero attached hydrogens (tertiary/aromatic N) is 2. The van der Waals surface area contributed by atoms with Crippen molar-refractivity contribution in [2.24, 2.45) is 0 Å². The van der Waals surface area contributed by atoms with E-state index in [0.717, 1.165) is 6.42 Å². The lowest BCUT2D eigenvalue weighted by Crippen LogP contribution is -2.19. The van der Waals surface area contributed by atoms with Crippen molar-refractivity contribution in [3.05, 3.63) is 47.8 Å². The third kappa shape index (κ3) is 3.44. The van der Waals surface area contributed by atoms with Gasteiger partial charge in [-0.25, -0.2) is 4.79 Å². The smallest absolute Gasteiger partial charge is 0.356 e. The van der Waals surface area contributed by atoms with Crippen LogP contribution in [-0.4, -0.2) is 26.8 Å². The molecule has 0 aliphatic heterocycles. The number of aromatic carboxylic acids is 1. The van der Waals surface area contributed by atoms with E-state index in [1.807, 2.05) is 24.3 Å². The number of benzene rings is 1. The number of carboxylic acid groups (broad SMARTS) is 1. The summed E-state index contributed by atoms with van der Waals surface area (Å²) in [5.41, 5.74) is 1.82. The maximum atomic E-state index is 11.8. The second-order valence-electron chi connectivity index (χ2n) is 4.30. The standard InChI is InChI=1S/C14H15N3O3/c1-2-10-3-5-11(6-4-10)15-13(18)9-17-8-7-12(16-17)14(19)20/h3-8H,2,9H2,1H3,(H,15,18)(H,19,20). The van der Waals surface area contributed by atoms with Gasteiger partial charge in [-0.3, -0.25) is 9.48 Å². The Morgan fingerprint density at radius 1 is 1.25 bits per heavy atom. The summed E-state index contributed by atoms with van der Waals surface area (Å²) in [4.78, 5) is 22.5. The van der Waals surface area contributed by atoms with Crippen LogP contribution in [-0.2, 0) is 17.8 Å². The van der Waals surface area contributed by atoms with Gasteiger partial charge in [0, 0.05) is 11.9 Å². The number of anilines is 1. The fourth-order valence-electron chi connectivity index (χ4n) is 1.74. The molecule has 1 heterocycles. The zero-order chi connectivity index (χ0) is 14.5. The average Bonchev–Trinajstić information content (AvgIpc) is 2.88. The summed E-state index contributed by atoms with van der Waals surface area (Å²) in [6.45, 7) is 2.04. The van der Waals surface area contributed by atoms with Gasteiger partial charge in [0.1, 0.15) is 6.54 Å². The molecule has 2 N–H and O–H groups in total. The number of carboxylic acids is 1. The van der Waals surface area contributed by atoms with Crippen molar-refractivity contribution in [3.63, 3.8) is 0 Å². The van der Waals surface area contributed by atoms with Crippen LogP contribution in [0, 0.1) is 0 Å². The Morgan fingerprint density at radius 3 is 2.50 bits per heavy atom. The van der Waals surface area contributed by atoms with E-state index >= 15 is 0 Å². The number of amides is 1. The van der Waals surface area contributed by atoms with E-state index < -0.39 is 5.97 Å². The highest BCUT2D eigenvalue weighted by atomic mass is 16.4. The molecule has 0 bridgehead atoms. The first-order valence-corrected chi connectivity index (χ1v) is 6.24. The molecule has 0 fully saturated rings. The molecular formula is C14H15N3O3. The van der Waals surface area contributed by atoms with Crippen molar-refractivity contribution < 1.29 is 14.7 Å². The second kappa shape index (κ2) is 6.01. The maximum absolute atomic E-state index is 11.8. The summed E-state index contributed by atoms with van der Waals surface area (Å²) in [6.07, 6.45) is 2.41. The molecule has 104 valence electrons. The maximum Gasteiger partial charge on any atom is 0.356 e. The van der Waals surface area contributed by atoms with E-state index in [4.69, 9.17) is 5.11 Å². The molecule has 0 saturated carbocycles. The van der Waals surface area contributed by atoms with Gasteiger partial charge in [0.2, 0.25) is 5.91 Å². The molecular weight excluding hydrogens is 258 g/mol. The molecule has 0 spiro atoms. The molecule has 2 aromatic rings. The molecule has 1 aromatic heterocycles. The number of aromatic nitrogens is 2. The van der Waals surface area contributed by atoms with E-state index in [1.54, 1.807) is 0 Å². The van der Waals surface area contributed by atoms with Crippen molar-refractivity contribution in [2.45, 2.75) is 19.9 Å². The summed E-state index contributed by atoms with van der Waals surface area (Å²) < 4.78 is 1.29. The minimum Gasteiger partial charge on any atom is -0.476 e. The molecule has 6 nitrogen and oxygen atoms in total. The van der Waals surface area contributed by atoms with Crippen LogP contribution in [0.3, 0.4) is 0 Å². The highest BCUT2D eigenvalue weighted by molar-refractivity contribution is 5.90. The predicted molar refractivity (Wildman–Crippen MR) is 73.6 cm³/mol. The summed E-state index contributed by atoms with van der Waals surface area (Å²) in [5, 5.41) is 15.2. The van der Waals surface area contributed by atoms with E-state index in [0.29, 0.717) is 5.69 Å². The first kappa shape index (κ1) is 13.8. The molecule has 20 heavy (non-hydrogen) atoms. The first-order valence-electron chi connectivity index (χ1n) is 6.24. The van der Waals surface area contributed by atoms with Crippen LogP contribution < -0.4 is 5.32 Å². The number of rotatable bonds is 5. The lowest BCUT2D eigenvalue weighted by molar-refractivity contribution is -0.116. The molecule has 6 heteroatoms. The molecule has 1 aromatic carbocycles. The first-order chi connectivity index (χ1) is 9.58. The zero-order valence-electron chi connectivity index (χ0n) is 11.0. The van der Waals surface area contributed by atoms with Crippen LogP contribution >= 0.6 is 0 Å². The number of hydrogen-bond donors (Lipinski definition) is 2. The van der Waals surface area contributed by atoms with Crippen LogP contribution in [0.25, 0.3) is 0 Å². The molecule has 0 aliphatic carbocycles. The average molecular weight is 273 g/mol. The number of aryl methyl sites for hydroxylation is 1. The number of carbonyl (C=O) groups excluding carboxylic acids is 1. The van der Waals surface area contributed by atoms with Gasteiger partial charge in [-0.15, -0.1) is 0 Å². The molecule has 2 rings (SSSR count). The normalized spacial score (nSPS) is 10.2. The second-order valence-corrected chi connectivity index (χ2v) is 4.30. The van der Waals surface area contributed by atoms with Gasteiger partial charge in [-0.1, -0.05) is 19.1 Å². The molecule has 1 amide bonds. The summed E-state index contributed by atoms with van der Waals surface area (Å²) in [5.74, 6) is -1.37. The highest BCUT2D eigenvalue weighted by Gasteiger charge is 2.09. The van der Waals surface area contributed by atoms with Crippen molar-refractivity contribution in [3.8, 4) is 0 Å². The van der Waals surface area contributed by atoms with Crippen LogP contribution in [0.15, 0.2) is 36.5 Å². The fourth-order valence-corrected chi connectivity index (χ4v) is 1.74. The van der Waals surface area contributed by atoms with Crippen molar-refractivity contribution in [1.82, 2.24) is 9.78 Å². The minimum absolute atomic E-state index is 0.0250. The number of nitrogens with one attached hydrogen (secondary N) is 1. The molecule has 0 aliphatic rings. The van der Waals surface area contributed by atoms with Crippen molar-refractivity contribution in [2.75, 3.05) is 5.32 Å². The van der Waals surface area contributed by atoms with Crippen LogP contribution in [0.5, 0.6) is 0 Å². The van der Waals surface area contributed by atoms with Gasteiger partial charge >= 0.3 is 5.97 Å². The van der Waals surface area contributed by atoms with Crippen LogP contribution in [0.4, 0.5) is 5.69 Å². The monoisotopic (exact) mass is 273 g/mol. The number of carbonyl (C=O) groups is 2. The SMILES string of the molecule is CCc1ccc(NC(=O)Cn2ccc(C(=O)O)n2)cc1. The van der Waals surface area contributed by atoms with Crippen LogP contribution in [0.2, 0.25) is 0 Å². The Bertz CT molecular complexity index is 617. The topological polar surface area (TPSA) is 84.2 Å². The lowest BCUT2D eigenvalue weighted by atomic mass is 10.1. The molecule has 0 saturated heterocycles. The third-order valence-corrected chi connectivity index (χ3v) is 2.81. The van der Waals surface area contributed by atoms with Gasteiger partial charge < -0.3 is 10.4 Å². The quantitative estimate of drug-likeness (QED) is 0.869. The van der Waals surface area contributed by atoms with E-state index in [9.17, 15) is 9.59 Å². The van der Waals surface area contributed by atoms with Gasteiger partial charge in [0.15, 0.2) is 5.69 Å². The Hall–Kier alpha value is -2.63. The fraction of sp³-hybridized carbons (Fsp3) is 0.214. The van der Waals surface area contributed by atoms with Crippen molar-refractivity contribution >= 4 is 17.6 Å².